The number of aromatic nitrogens is 3. The second-order valence-corrected chi connectivity index (χ2v) is 5.03. The summed E-state index contributed by atoms with van der Waals surface area (Å²) in [5.41, 5.74) is 8.26. The van der Waals surface area contributed by atoms with Gasteiger partial charge in [0.05, 0.1) is 5.69 Å². The van der Waals surface area contributed by atoms with Gasteiger partial charge >= 0.3 is 0 Å². The molecular weight excluding hydrogens is 276 g/mol. The van der Waals surface area contributed by atoms with Crippen LogP contribution in [0, 0.1) is 0 Å². The summed E-state index contributed by atoms with van der Waals surface area (Å²) >= 11 is 0. The van der Waals surface area contributed by atoms with E-state index in [0.29, 0.717) is 0 Å². The number of carbonyl (C=O) groups excluding carboxylic acids is 1. The first kappa shape index (κ1) is 14.0. The van der Waals surface area contributed by atoms with Crippen LogP contribution < -0.4 is 5.73 Å². The SMILES string of the molecule is CC(C(N)=O)n1ccnc1-c1ccc(-c2ccccn2)cc1. The molecule has 2 N–H and O–H groups in total. The number of hydrogen-bond donors (Lipinski definition) is 1. The van der Waals surface area contributed by atoms with E-state index in [1.54, 1.807) is 30.1 Å². The molecule has 3 aromatic rings. The van der Waals surface area contributed by atoms with E-state index in [1.807, 2.05) is 42.5 Å². The van der Waals surface area contributed by atoms with Gasteiger partial charge in [0, 0.05) is 29.7 Å². The summed E-state index contributed by atoms with van der Waals surface area (Å²) in [6.45, 7) is 1.76. The quantitative estimate of drug-likeness (QED) is 0.803. The molecule has 1 atom stereocenters. The average Bonchev–Trinajstić information content (AvgIpc) is 3.04. The molecule has 1 amide bonds. The predicted octanol–water partition coefficient (Wildman–Crippen LogP) is 2.66. The van der Waals surface area contributed by atoms with Crippen molar-refractivity contribution in [3.05, 3.63) is 61.1 Å². The minimum Gasteiger partial charge on any atom is -0.368 e. The van der Waals surface area contributed by atoms with Gasteiger partial charge in [-0.1, -0.05) is 30.3 Å². The molecule has 0 saturated carbocycles. The third-order valence-corrected chi connectivity index (χ3v) is 3.60. The molecule has 1 aromatic carbocycles. The van der Waals surface area contributed by atoms with Crippen LogP contribution in [-0.4, -0.2) is 20.4 Å². The van der Waals surface area contributed by atoms with Crippen LogP contribution in [0.2, 0.25) is 0 Å². The summed E-state index contributed by atoms with van der Waals surface area (Å²) in [6.07, 6.45) is 5.20. The summed E-state index contributed by atoms with van der Waals surface area (Å²) in [5, 5.41) is 0. The van der Waals surface area contributed by atoms with E-state index < -0.39 is 6.04 Å². The normalized spacial score (nSPS) is 12.0. The first-order valence-corrected chi connectivity index (χ1v) is 7.01. The Morgan fingerprint density at radius 3 is 2.41 bits per heavy atom. The van der Waals surface area contributed by atoms with Crippen LogP contribution in [0.4, 0.5) is 0 Å². The fraction of sp³-hybridized carbons (Fsp3) is 0.118. The molecule has 5 nitrogen and oxygen atoms in total. The molecule has 0 spiro atoms. The van der Waals surface area contributed by atoms with Gasteiger partial charge in [-0.3, -0.25) is 9.78 Å². The lowest BCUT2D eigenvalue weighted by Crippen LogP contribution is -2.24. The number of primary amides is 1. The van der Waals surface area contributed by atoms with E-state index in [4.69, 9.17) is 5.73 Å². The van der Waals surface area contributed by atoms with Gasteiger partial charge in [0.15, 0.2) is 0 Å². The summed E-state index contributed by atoms with van der Waals surface area (Å²) < 4.78 is 1.78. The molecule has 2 heterocycles. The van der Waals surface area contributed by atoms with Crippen LogP contribution >= 0.6 is 0 Å². The van der Waals surface area contributed by atoms with Gasteiger partial charge in [-0.15, -0.1) is 0 Å². The van der Waals surface area contributed by atoms with Crippen LogP contribution in [0.5, 0.6) is 0 Å². The number of nitrogens with two attached hydrogens (primary N) is 1. The summed E-state index contributed by atoms with van der Waals surface area (Å²) in [4.78, 5) is 20.0. The molecule has 0 radical (unpaired) electrons. The van der Waals surface area contributed by atoms with Crippen molar-refractivity contribution in [2.75, 3.05) is 0 Å². The van der Waals surface area contributed by atoms with Crippen LogP contribution in [0.15, 0.2) is 61.1 Å². The van der Waals surface area contributed by atoms with Crippen LogP contribution in [0.1, 0.15) is 13.0 Å². The molecule has 3 rings (SSSR count). The van der Waals surface area contributed by atoms with Crippen molar-refractivity contribution in [1.29, 1.82) is 0 Å². The predicted molar refractivity (Wildman–Crippen MR) is 84.8 cm³/mol. The van der Waals surface area contributed by atoms with Crippen molar-refractivity contribution in [2.45, 2.75) is 13.0 Å². The summed E-state index contributed by atoms with van der Waals surface area (Å²) in [7, 11) is 0. The monoisotopic (exact) mass is 292 g/mol. The van der Waals surface area contributed by atoms with E-state index in [2.05, 4.69) is 9.97 Å². The number of pyridine rings is 1. The average molecular weight is 292 g/mol. The van der Waals surface area contributed by atoms with E-state index in [-0.39, 0.29) is 5.91 Å². The first-order valence-electron chi connectivity index (χ1n) is 7.01. The maximum absolute atomic E-state index is 11.4. The Bertz CT molecular complexity index is 778. The van der Waals surface area contributed by atoms with Crippen LogP contribution in [0.25, 0.3) is 22.6 Å². The maximum atomic E-state index is 11.4. The van der Waals surface area contributed by atoms with Gasteiger partial charge < -0.3 is 10.3 Å². The van der Waals surface area contributed by atoms with E-state index in [1.165, 1.54) is 0 Å². The lowest BCUT2D eigenvalue weighted by molar-refractivity contribution is -0.120. The number of amides is 1. The largest absolute Gasteiger partial charge is 0.368 e. The van der Waals surface area contributed by atoms with Crippen molar-refractivity contribution in [3.63, 3.8) is 0 Å². The second kappa shape index (κ2) is 5.81. The third kappa shape index (κ3) is 2.61. The third-order valence-electron chi connectivity index (χ3n) is 3.60. The Morgan fingerprint density at radius 2 is 1.77 bits per heavy atom. The Balaban J connectivity index is 1.94. The molecule has 0 aliphatic heterocycles. The maximum Gasteiger partial charge on any atom is 0.240 e. The zero-order valence-electron chi connectivity index (χ0n) is 12.2. The van der Waals surface area contributed by atoms with Crippen molar-refractivity contribution < 1.29 is 4.79 Å². The van der Waals surface area contributed by atoms with Crippen molar-refractivity contribution in [2.24, 2.45) is 5.73 Å². The van der Waals surface area contributed by atoms with Gasteiger partial charge in [-0.25, -0.2) is 4.98 Å². The van der Waals surface area contributed by atoms with Crippen LogP contribution in [-0.2, 0) is 4.79 Å². The summed E-state index contributed by atoms with van der Waals surface area (Å²) in [6, 6.07) is 13.3. The minimum atomic E-state index is -0.437. The molecule has 1 unspecified atom stereocenters. The minimum absolute atomic E-state index is 0.385. The smallest absolute Gasteiger partial charge is 0.240 e. The molecule has 5 heteroatoms. The van der Waals surface area contributed by atoms with E-state index >= 15 is 0 Å². The highest BCUT2D eigenvalue weighted by molar-refractivity contribution is 5.79. The standard InChI is InChI=1S/C17H16N4O/c1-12(16(18)22)21-11-10-20-17(21)14-7-5-13(6-8-14)15-4-2-3-9-19-15/h2-12H,1H3,(H2,18,22). The molecule has 0 fully saturated rings. The molecular formula is C17H16N4O. The summed E-state index contributed by atoms with van der Waals surface area (Å²) in [5.74, 6) is 0.336. The van der Waals surface area contributed by atoms with Crippen molar-refractivity contribution >= 4 is 5.91 Å². The lowest BCUT2D eigenvalue weighted by atomic mass is 10.1. The molecule has 0 aliphatic rings. The first-order chi connectivity index (χ1) is 10.7. The molecule has 110 valence electrons. The highest BCUT2D eigenvalue weighted by Crippen LogP contribution is 2.24. The Labute approximate surface area is 128 Å². The lowest BCUT2D eigenvalue weighted by Gasteiger charge is -2.13. The highest BCUT2D eigenvalue weighted by atomic mass is 16.1. The Hall–Kier alpha value is -2.95. The van der Waals surface area contributed by atoms with Crippen LogP contribution in [0.3, 0.4) is 0 Å². The fourth-order valence-corrected chi connectivity index (χ4v) is 2.31. The molecule has 0 aliphatic carbocycles. The van der Waals surface area contributed by atoms with Gasteiger partial charge in [-0.05, 0) is 19.1 Å². The molecule has 2 aromatic heterocycles. The fourth-order valence-electron chi connectivity index (χ4n) is 2.31. The second-order valence-electron chi connectivity index (χ2n) is 5.03. The zero-order valence-corrected chi connectivity index (χ0v) is 12.2. The highest BCUT2D eigenvalue weighted by Gasteiger charge is 2.15. The van der Waals surface area contributed by atoms with E-state index in [0.717, 1.165) is 22.6 Å². The number of hydrogen-bond acceptors (Lipinski definition) is 3. The Kier molecular flexibility index (Phi) is 3.70. The van der Waals surface area contributed by atoms with Crippen molar-refractivity contribution in [3.8, 4) is 22.6 Å². The van der Waals surface area contributed by atoms with E-state index in [9.17, 15) is 4.79 Å². The zero-order chi connectivity index (χ0) is 15.5. The molecule has 0 bridgehead atoms. The van der Waals surface area contributed by atoms with Crippen molar-refractivity contribution in [1.82, 2.24) is 14.5 Å². The number of carbonyl (C=O) groups is 1. The molecule has 0 saturated heterocycles. The molecule has 22 heavy (non-hydrogen) atoms. The number of benzene rings is 1. The van der Waals surface area contributed by atoms with Gasteiger partial charge in [-0.2, -0.15) is 0 Å². The van der Waals surface area contributed by atoms with Gasteiger partial charge in [0.1, 0.15) is 11.9 Å². The number of imidazole rings is 1. The topological polar surface area (TPSA) is 73.8 Å². The Morgan fingerprint density at radius 1 is 1.05 bits per heavy atom. The van der Waals surface area contributed by atoms with Gasteiger partial charge in [0.2, 0.25) is 5.91 Å². The number of nitrogens with zero attached hydrogens (tertiary/aromatic N) is 3. The van der Waals surface area contributed by atoms with Gasteiger partial charge in [0.25, 0.3) is 0 Å². The number of rotatable bonds is 4.